The van der Waals surface area contributed by atoms with Crippen molar-refractivity contribution >= 4 is 21.9 Å². The summed E-state index contributed by atoms with van der Waals surface area (Å²) in [6, 6.07) is 16.1. The second kappa shape index (κ2) is 9.24. The van der Waals surface area contributed by atoms with Gasteiger partial charge in [-0.2, -0.15) is 0 Å². The van der Waals surface area contributed by atoms with Crippen LogP contribution in [0.5, 0.6) is 0 Å². The predicted octanol–water partition coefficient (Wildman–Crippen LogP) is 5.76. The van der Waals surface area contributed by atoms with E-state index >= 15 is 4.39 Å². The van der Waals surface area contributed by atoms with Gasteiger partial charge in [0.2, 0.25) is 0 Å². The molecule has 2 atom stereocenters. The summed E-state index contributed by atoms with van der Waals surface area (Å²) in [5.74, 6) is 0.00618. The molecule has 0 bridgehead atoms. The van der Waals surface area contributed by atoms with E-state index in [0.717, 1.165) is 58.9 Å². The molecule has 0 spiro atoms. The average molecular weight is 526 g/mol. The minimum absolute atomic E-state index is 0.0130. The van der Waals surface area contributed by atoms with Crippen molar-refractivity contribution in [3.8, 4) is 11.3 Å². The molecule has 1 saturated carbocycles. The summed E-state index contributed by atoms with van der Waals surface area (Å²) in [4.78, 5) is 4.89. The van der Waals surface area contributed by atoms with Crippen LogP contribution in [-0.2, 0) is 17.4 Å². The molecule has 1 aliphatic carbocycles. The third-order valence-corrected chi connectivity index (χ3v) is 8.79. The third kappa shape index (κ3) is 4.05. The Bertz CT molecular complexity index is 1670. The van der Waals surface area contributed by atoms with Crippen LogP contribution in [0, 0.1) is 17.7 Å². The van der Waals surface area contributed by atoms with Crippen LogP contribution in [0.25, 0.3) is 33.2 Å². The number of aromatic nitrogens is 5. The van der Waals surface area contributed by atoms with Gasteiger partial charge in [-0.25, -0.2) is 9.07 Å². The normalized spacial score (nSPS) is 19.0. The van der Waals surface area contributed by atoms with E-state index in [1.54, 1.807) is 23.9 Å². The summed E-state index contributed by atoms with van der Waals surface area (Å²) in [5.41, 5.74) is 4.62. The Morgan fingerprint density at radius 1 is 1.03 bits per heavy atom. The number of aliphatic hydroxyl groups is 1. The summed E-state index contributed by atoms with van der Waals surface area (Å²) in [6.45, 7) is 3.18. The van der Waals surface area contributed by atoms with E-state index in [2.05, 4.69) is 45.2 Å². The van der Waals surface area contributed by atoms with Crippen LogP contribution in [-0.4, -0.2) is 42.9 Å². The van der Waals surface area contributed by atoms with E-state index in [1.165, 1.54) is 5.56 Å². The lowest BCUT2D eigenvalue weighted by atomic mass is 9.86. The molecular weight excluding hydrogens is 493 g/mol. The molecule has 7 rings (SSSR count). The summed E-state index contributed by atoms with van der Waals surface area (Å²) in [5, 5.41) is 20.4. The summed E-state index contributed by atoms with van der Waals surface area (Å²) in [7, 11) is 1.86. The zero-order valence-corrected chi connectivity index (χ0v) is 22.2. The molecule has 3 aromatic heterocycles. The van der Waals surface area contributed by atoms with Crippen LogP contribution in [0.2, 0.25) is 0 Å². The number of hydrogen-bond donors (Lipinski definition) is 1. The van der Waals surface area contributed by atoms with Gasteiger partial charge in [0.1, 0.15) is 5.82 Å². The van der Waals surface area contributed by atoms with Gasteiger partial charge in [0, 0.05) is 43.0 Å². The quantitative estimate of drug-likeness (QED) is 0.305. The van der Waals surface area contributed by atoms with Crippen molar-refractivity contribution in [2.75, 3.05) is 13.2 Å². The Morgan fingerprint density at radius 3 is 2.49 bits per heavy atom. The van der Waals surface area contributed by atoms with Crippen molar-refractivity contribution in [1.82, 2.24) is 24.5 Å². The van der Waals surface area contributed by atoms with Gasteiger partial charge in [0.25, 0.3) is 0 Å². The van der Waals surface area contributed by atoms with Gasteiger partial charge >= 0.3 is 0 Å². The molecule has 7 nitrogen and oxygen atoms in total. The Morgan fingerprint density at radius 2 is 1.79 bits per heavy atom. The molecule has 4 heterocycles. The molecule has 0 amide bonds. The van der Waals surface area contributed by atoms with Crippen molar-refractivity contribution in [3.63, 3.8) is 0 Å². The molecule has 2 aromatic carbocycles. The van der Waals surface area contributed by atoms with Crippen LogP contribution < -0.4 is 0 Å². The molecule has 1 N–H and O–H groups in total. The van der Waals surface area contributed by atoms with Crippen molar-refractivity contribution in [2.24, 2.45) is 18.9 Å². The first kappa shape index (κ1) is 24.4. The van der Waals surface area contributed by atoms with Gasteiger partial charge in [-0.15, -0.1) is 5.10 Å². The highest BCUT2D eigenvalue weighted by Gasteiger charge is 2.43. The molecule has 5 aromatic rings. The standard InChI is InChI=1S/C31H32FN5O2/c1-31(38,22-8-9-22)24-16-26-23(15-25(24)32)29-27(14-21(17-33-29)28-18-34-35-36(28)2)37(26)30(19-6-4-3-5-7-19)20-10-12-39-13-11-20/h3-7,14-18,20,22,30,38H,8-13H2,1-2H3. The van der Waals surface area contributed by atoms with Crippen LogP contribution in [0.3, 0.4) is 0 Å². The number of rotatable bonds is 6. The Hall–Kier alpha value is -3.62. The zero-order valence-electron chi connectivity index (χ0n) is 22.2. The Kier molecular flexibility index (Phi) is 5.79. The first-order valence-electron chi connectivity index (χ1n) is 13.8. The number of pyridine rings is 1. The minimum atomic E-state index is -1.22. The lowest BCUT2D eigenvalue weighted by Crippen LogP contribution is -2.27. The van der Waals surface area contributed by atoms with Crippen LogP contribution >= 0.6 is 0 Å². The van der Waals surface area contributed by atoms with Gasteiger partial charge in [-0.05, 0) is 68.2 Å². The summed E-state index contributed by atoms with van der Waals surface area (Å²) >= 11 is 0. The fraction of sp³-hybridized carbons (Fsp3) is 0.387. The van der Waals surface area contributed by atoms with Crippen LogP contribution in [0.4, 0.5) is 4.39 Å². The van der Waals surface area contributed by atoms with Gasteiger partial charge in [0.05, 0.1) is 40.1 Å². The summed E-state index contributed by atoms with van der Waals surface area (Å²) in [6.07, 6.45) is 7.20. The van der Waals surface area contributed by atoms with E-state index in [1.807, 2.05) is 25.4 Å². The second-order valence-corrected chi connectivity index (χ2v) is 11.3. The maximum atomic E-state index is 15.7. The van der Waals surface area contributed by atoms with Gasteiger partial charge in [-0.3, -0.25) is 4.98 Å². The van der Waals surface area contributed by atoms with E-state index in [9.17, 15) is 5.11 Å². The smallest absolute Gasteiger partial charge is 0.130 e. The molecular formula is C31H32FN5O2. The highest BCUT2D eigenvalue weighted by Crippen LogP contribution is 2.48. The Balaban J connectivity index is 1.55. The number of nitrogens with zero attached hydrogens (tertiary/aromatic N) is 5. The van der Waals surface area contributed by atoms with Gasteiger partial charge in [0.15, 0.2) is 0 Å². The molecule has 200 valence electrons. The lowest BCUT2D eigenvalue weighted by Gasteiger charge is -2.33. The van der Waals surface area contributed by atoms with E-state index < -0.39 is 5.60 Å². The highest BCUT2D eigenvalue weighted by molar-refractivity contribution is 6.07. The molecule has 0 radical (unpaired) electrons. The SMILES string of the molecule is Cn1nncc1-c1cnc2c3cc(F)c(C(C)(O)C4CC4)cc3n(C(c3ccccc3)C3CCOCC3)c2c1. The van der Waals surface area contributed by atoms with Gasteiger partial charge < -0.3 is 14.4 Å². The predicted molar refractivity (Wildman–Crippen MR) is 148 cm³/mol. The largest absolute Gasteiger partial charge is 0.385 e. The molecule has 1 saturated heterocycles. The number of ether oxygens (including phenoxy) is 1. The zero-order chi connectivity index (χ0) is 26.7. The van der Waals surface area contributed by atoms with Crippen molar-refractivity contribution in [3.05, 3.63) is 77.9 Å². The number of halogens is 1. The van der Waals surface area contributed by atoms with Crippen molar-refractivity contribution < 1.29 is 14.2 Å². The molecule has 2 aliphatic rings. The number of benzene rings is 2. The van der Waals surface area contributed by atoms with Crippen molar-refractivity contribution in [1.29, 1.82) is 0 Å². The molecule has 39 heavy (non-hydrogen) atoms. The Labute approximate surface area is 226 Å². The summed E-state index contributed by atoms with van der Waals surface area (Å²) < 4.78 is 25.6. The number of aryl methyl sites for hydroxylation is 1. The second-order valence-electron chi connectivity index (χ2n) is 11.3. The lowest BCUT2D eigenvalue weighted by molar-refractivity contribution is 0.0296. The van der Waals surface area contributed by atoms with Gasteiger partial charge in [-0.1, -0.05) is 35.5 Å². The van der Waals surface area contributed by atoms with E-state index in [4.69, 9.17) is 9.72 Å². The molecule has 8 heteroatoms. The average Bonchev–Trinajstić information content (AvgIpc) is 3.67. The topological polar surface area (TPSA) is 78.0 Å². The fourth-order valence-electron chi connectivity index (χ4n) is 6.48. The van der Waals surface area contributed by atoms with E-state index in [-0.39, 0.29) is 17.8 Å². The molecule has 2 fully saturated rings. The van der Waals surface area contributed by atoms with Crippen LogP contribution in [0.1, 0.15) is 49.8 Å². The monoisotopic (exact) mass is 525 g/mol. The van der Waals surface area contributed by atoms with Crippen LogP contribution in [0.15, 0.2) is 60.9 Å². The number of fused-ring (bicyclic) bond motifs is 3. The number of hydrogen-bond acceptors (Lipinski definition) is 5. The highest BCUT2D eigenvalue weighted by atomic mass is 19.1. The third-order valence-electron chi connectivity index (χ3n) is 8.79. The fourth-order valence-corrected chi connectivity index (χ4v) is 6.48. The maximum absolute atomic E-state index is 15.7. The molecule has 2 unspecified atom stereocenters. The first-order chi connectivity index (χ1) is 18.9. The maximum Gasteiger partial charge on any atom is 0.130 e. The van der Waals surface area contributed by atoms with Crippen molar-refractivity contribution in [2.45, 2.75) is 44.2 Å². The van der Waals surface area contributed by atoms with E-state index in [0.29, 0.717) is 24.7 Å². The first-order valence-corrected chi connectivity index (χ1v) is 13.8. The minimum Gasteiger partial charge on any atom is -0.385 e. The molecule has 1 aliphatic heterocycles.